The van der Waals surface area contributed by atoms with Gasteiger partial charge in [-0.25, -0.2) is 0 Å². The van der Waals surface area contributed by atoms with Crippen molar-refractivity contribution in [1.82, 2.24) is 4.90 Å². The standard InChI is InChI=1S/C15H18F3NO3/c1-10(2)9-19(8-7-13(20)21)14(22)11-3-5-12(6-4-11)15(16,17)18/h3-6,10H,7-9H2,1-2H3,(H,20,21). The Hall–Kier alpha value is -2.05. The largest absolute Gasteiger partial charge is 0.481 e. The van der Waals surface area contributed by atoms with Gasteiger partial charge < -0.3 is 10.0 Å². The van der Waals surface area contributed by atoms with Gasteiger partial charge in [-0.2, -0.15) is 13.2 Å². The third-order valence-corrected chi connectivity index (χ3v) is 2.93. The minimum atomic E-state index is -4.46. The highest BCUT2D eigenvalue weighted by Crippen LogP contribution is 2.29. The number of alkyl halides is 3. The molecule has 0 unspecified atom stereocenters. The van der Waals surface area contributed by atoms with Gasteiger partial charge in [-0.1, -0.05) is 13.8 Å². The van der Waals surface area contributed by atoms with E-state index in [2.05, 4.69) is 0 Å². The highest BCUT2D eigenvalue weighted by molar-refractivity contribution is 5.94. The van der Waals surface area contributed by atoms with E-state index in [0.717, 1.165) is 24.3 Å². The number of hydrogen-bond donors (Lipinski definition) is 1. The van der Waals surface area contributed by atoms with E-state index in [1.54, 1.807) is 0 Å². The number of hydrogen-bond acceptors (Lipinski definition) is 2. The number of carboxylic acids is 1. The Morgan fingerprint density at radius 1 is 1.18 bits per heavy atom. The fraction of sp³-hybridized carbons (Fsp3) is 0.467. The van der Waals surface area contributed by atoms with Gasteiger partial charge in [0.1, 0.15) is 0 Å². The van der Waals surface area contributed by atoms with Crippen LogP contribution in [0.25, 0.3) is 0 Å². The lowest BCUT2D eigenvalue weighted by Crippen LogP contribution is -2.36. The monoisotopic (exact) mass is 317 g/mol. The van der Waals surface area contributed by atoms with E-state index < -0.39 is 23.6 Å². The van der Waals surface area contributed by atoms with Crippen molar-refractivity contribution in [3.63, 3.8) is 0 Å². The smallest absolute Gasteiger partial charge is 0.416 e. The van der Waals surface area contributed by atoms with Crippen LogP contribution in [-0.2, 0) is 11.0 Å². The maximum absolute atomic E-state index is 12.5. The molecule has 22 heavy (non-hydrogen) atoms. The van der Waals surface area contributed by atoms with E-state index in [1.165, 1.54) is 4.90 Å². The zero-order chi connectivity index (χ0) is 16.9. The molecule has 1 N–H and O–H groups in total. The van der Waals surface area contributed by atoms with Crippen molar-refractivity contribution >= 4 is 11.9 Å². The van der Waals surface area contributed by atoms with Crippen LogP contribution in [0.2, 0.25) is 0 Å². The molecule has 1 aromatic carbocycles. The Morgan fingerprint density at radius 3 is 2.14 bits per heavy atom. The molecular formula is C15H18F3NO3. The number of aliphatic carboxylic acids is 1. The summed E-state index contributed by atoms with van der Waals surface area (Å²) < 4.78 is 37.5. The Bertz CT molecular complexity index is 524. The first-order valence-corrected chi connectivity index (χ1v) is 6.79. The predicted molar refractivity (Wildman–Crippen MR) is 74.4 cm³/mol. The maximum Gasteiger partial charge on any atom is 0.416 e. The molecule has 4 nitrogen and oxygen atoms in total. The second-order valence-corrected chi connectivity index (χ2v) is 5.36. The van der Waals surface area contributed by atoms with Crippen LogP contribution >= 0.6 is 0 Å². The molecule has 0 atom stereocenters. The molecule has 0 bridgehead atoms. The van der Waals surface area contributed by atoms with Gasteiger partial charge >= 0.3 is 12.1 Å². The molecule has 0 radical (unpaired) electrons. The topological polar surface area (TPSA) is 57.6 Å². The zero-order valence-corrected chi connectivity index (χ0v) is 12.4. The Balaban J connectivity index is 2.90. The van der Waals surface area contributed by atoms with Gasteiger partial charge in [0.05, 0.1) is 12.0 Å². The SMILES string of the molecule is CC(C)CN(CCC(=O)O)C(=O)c1ccc(C(F)(F)F)cc1. The van der Waals surface area contributed by atoms with Gasteiger partial charge in [0, 0.05) is 18.7 Å². The van der Waals surface area contributed by atoms with Crippen LogP contribution in [0.5, 0.6) is 0 Å². The molecule has 0 spiro atoms. The first-order chi connectivity index (χ1) is 10.1. The molecule has 1 rings (SSSR count). The second kappa shape index (κ2) is 7.29. The lowest BCUT2D eigenvalue weighted by Gasteiger charge is -2.24. The van der Waals surface area contributed by atoms with Crippen molar-refractivity contribution in [3.8, 4) is 0 Å². The molecule has 0 aliphatic rings. The summed E-state index contributed by atoms with van der Waals surface area (Å²) >= 11 is 0. The number of amides is 1. The van der Waals surface area contributed by atoms with Crippen LogP contribution in [0.1, 0.15) is 36.2 Å². The molecule has 122 valence electrons. The molecule has 0 saturated heterocycles. The molecule has 1 aromatic rings. The molecule has 0 saturated carbocycles. The van der Waals surface area contributed by atoms with Crippen LogP contribution in [-0.4, -0.2) is 35.0 Å². The van der Waals surface area contributed by atoms with E-state index in [0.29, 0.717) is 6.54 Å². The number of carboxylic acid groups (broad SMARTS) is 1. The number of benzene rings is 1. The van der Waals surface area contributed by atoms with Crippen LogP contribution in [0.15, 0.2) is 24.3 Å². The molecule has 0 aromatic heterocycles. The summed E-state index contributed by atoms with van der Waals surface area (Å²) in [4.78, 5) is 24.3. The van der Waals surface area contributed by atoms with Crippen molar-refractivity contribution in [2.24, 2.45) is 5.92 Å². The van der Waals surface area contributed by atoms with Gasteiger partial charge in [-0.05, 0) is 30.2 Å². The van der Waals surface area contributed by atoms with Crippen molar-refractivity contribution in [1.29, 1.82) is 0 Å². The number of nitrogens with zero attached hydrogens (tertiary/aromatic N) is 1. The molecule has 0 heterocycles. The molecule has 0 aliphatic carbocycles. The van der Waals surface area contributed by atoms with Crippen LogP contribution in [0.3, 0.4) is 0 Å². The summed E-state index contributed by atoms with van der Waals surface area (Å²) in [6.45, 7) is 4.10. The maximum atomic E-state index is 12.5. The Kier molecular flexibility index (Phi) is 5.96. The minimum Gasteiger partial charge on any atom is -0.481 e. The average molecular weight is 317 g/mol. The third-order valence-electron chi connectivity index (χ3n) is 2.93. The number of carbonyl (C=O) groups excluding carboxylic acids is 1. The first-order valence-electron chi connectivity index (χ1n) is 6.79. The summed E-state index contributed by atoms with van der Waals surface area (Å²) in [7, 11) is 0. The number of carbonyl (C=O) groups is 2. The highest BCUT2D eigenvalue weighted by atomic mass is 19.4. The van der Waals surface area contributed by atoms with Crippen LogP contribution in [0.4, 0.5) is 13.2 Å². The van der Waals surface area contributed by atoms with Crippen LogP contribution < -0.4 is 0 Å². The van der Waals surface area contributed by atoms with E-state index >= 15 is 0 Å². The quantitative estimate of drug-likeness (QED) is 0.876. The summed E-state index contributed by atoms with van der Waals surface area (Å²) in [5.41, 5.74) is -0.718. The average Bonchev–Trinajstić information content (AvgIpc) is 2.41. The molecular weight excluding hydrogens is 299 g/mol. The fourth-order valence-electron chi connectivity index (χ4n) is 1.93. The summed E-state index contributed by atoms with van der Waals surface area (Å²) in [6.07, 6.45) is -4.67. The summed E-state index contributed by atoms with van der Waals surface area (Å²) in [5, 5.41) is 8.71. The van der Waals surface area contributed by atoms with Crippen molar-refractivity contribution < 1.29 is 27.9 Å². The van der Waals surface area contributed by atoms with Gasteiger partial charge in [-0.15, -0.1) is 0 Å². The van der Waals surface area contributed by atoms with Crippen LogP contribution in [0, 0.1) is 5.92 Å². The zero-order valence-electron chi connectivity index (χ0n) is 12.4. The Morgan fingerprint density at radius 2 is 1.73 bits per heavy atom. The predicted octanol–water partition coefficient (Wildman–Crippen LogP) is 3.28. The Labute approximate surface area is 126 Å². The van der Waals surface area contributed by atoms with Gasteiger partial charge in [0.15, 0.2) is 0 Å². The highest BCUT2D eigenvalue weighted by Gasteiger charge is 2.30. The van der Waals surface area contributed by atoms with E-state index in [9.17, 15) is 22.8 Å². The molecule has 0 fully saturated rings. The van der Waals surface area contributed by atoms with E-state index in [4.69, 9.17) is 5.11 Å². The summed E-state index contributed by atoms with van der Waals surface area (Å²) in [5.74, 6) is -1.38. The van der Waals surface area contributed by atoms with Crippen molar-refractivity contribution in [3.05, 3.63) is 35.4 Å². The minimum absolute atomic E-state index is 0.0212. The fourth-order valence-corrected chi connectivity index (χ4v) is 1.93. The van der Waals surface area contributed by atoms with Crippen molar-refractivity contribution in [2.75, 3.05) is 13.1 Å². The molecule has 1 amide bonds. The number of rotatable bonds is 6. The van der Waals surface area contributed by atoms with Gasteiger partial charge in [-0.3, -0.25) is 9.59 Å². The van der Waals surface area contributed by atoms with E-state index in [1.807, 2.05) is 13.8 Å². The lowest BCUT2D eigenvalue weighted by molar-refractivity contribution is -0.138. The molecule has 7 heteroatoms. The van der Waals surface area contributed by atoms with Gasteiger partial charge in [0.2, 0.25) is 0 Å². The van der Waals surface area contributed by atoms with E-state index in [-0.39, 0.29) is 24.4 Å². The van der Waals surface area contributed by atoms with Gasteiger partial charge in [0.25, 0.3) is 5.91 Å². The normalized spacial score (nSPS) is 11.5. The van der Waals surface area contributed by atoms with Crippen molar-refractivity contribution in [2.45, 2.75) is 26.4 Å². The molecule has 0 aliphatic heterocycles. The first kappa shape index (κ1) is 18.0. The number of halogens is 3. The summed E-state index contributed by atoms with van der Waals surface area (Å²) in [6, 6.07) is 3.91. The third kappa shape index (κ3) is 5.38. The second-order valence-electron chi connectivity index (χ2n) is 5.36. The lowest BCUT2D eigenvalue weighted by atomic mass is 10.1.